The molecular weight excluding hydrogens is 421 g/mol. The Balaban J connectivity index is 0.000000739. The van der Waals surface area contributed by atoms with E-state index < -0.39 is 6.15 Å². The van der Waals surface area contributed by atoms with Crippen molar-refractivity contribution in [3.05, 3.63) is 72.8 Å². The largest absolute Gasteiger partial charge is 0.497 e. The first-order chi connectivity index (χ1) is 16.2. The van der Waals surface area contributed by atoms with Gasteiger partial charge in [-0.2, -0.15) is 22.7 Å². The summed E-state index contributed by atoms with van der Waals surface area (Å²) in [4.78, 5) is 0. The molecule has 0 aliphatic rings. The normalized spacial score (nSPS) is 11.3. The summed E-state index contributed by atoms with van der Waals surface area (Å²) in [6, 6.07) is 25.6. The highest BCUT2D eigenvalue weighted by atomic mass is 16.5. The maximum atomic E-state index is 5.41. The van der Waals surface area contributed by atoms with E-state index in [2.05, 4.69) is 108 Å². The van der Waals surface area contributed by atoms with Crippen LogP contribution in [0.5, 0.6) is 17.2 Å². The van der Waals surface area contributed by atoms with Crippen LogP contribution in [0, 0.1) is 0 Å². The van der Waals surface area contributed by atoms with E-state index in [4.69, 9.17) is 14.2 Å². The molecule has 0 unspecified atom stereocenters. The minimum Gasteiger partial charge on any atom is -0.497 e. The number of quaternary nitrogens is 1. The standard InChI is InChI=1S/C25H30BO3.C4H12N/c1-5-6-19-26(20-7-13-23(27-2)14-8-20,21-9-15-24(28-3)16-10-21)22-11-17-25(29-4)18-12-22;1-5(2,3)4/h7-18H,5-6,19H2,1-4H3;1-4H3/q-1;+1. The molecular formula is C29H42BNO3. The number of hydrogen-bond donors (Lipinski definition) is 0. The second-order valence-corrected chi connectivity index (χ2v) is 10.2. The van der Waals surface area contributed by atoms with Gasteiger partial charge in [0.05, 0.1) is 55.7 Å². The molecule has 0 spiro atoms. The van der Waals surface area contributed by atoms with Gasteiger partial charge >= 0.3 is 0 Å². The number of hydrogen-bond acceptors (Lipinski definition) is 3. The minimum absolute atomic E-state index is 0.874. The fourth-order valence-electron chi connectivity index (χ4n) is 4.38. The molecule has 0 radical (unpaired) electrons. The fourth-order valence-corrected chi connectivity index (χ4v) is 4.38. The van der Waals surface area contributed by atoms with Crippen LogP contribution in [-0.2, 0) is 0 Å². The van der Waals surface area contributed by atoms with Gasteiger partial charge in [-0.25, -0.2) is 0 Å². The van der Waals surface area contributed by atoms with Crippen molar-refractivity contribution in [1.82, 2.24) is 0 Å². The SMILES string of the molecule is CCCC[B-](c1ccc(OC)cc1)(c1ccc(OC)cc1)c1ccc(OC)cc1.C[N+](C)(C)C. The third-order valence-electron chi connectivity index (χ3n) is 6.05. The third kappa shape index (κ3) is 7.29. The highest BCUT2D eigenvalue weighted by molar-refractivity contribution is 7.11. The molecule has 0 saturated heterocycles. The minimum atomic E-state index is -1.14. The molecule has 3 rings (SSSR count). The van der Waals surface area contributed by atoms with Crippen molar-refractivity contribution in [3.8, 4) is 17.2 Å². The zero-order valence-electron chi connectivity index (χ0n) is 22.3. The maximum Gasteiger partial charge on any atom is 0.118 e. The highest BCUT2D eigenvalue weighted by Gasteiger charge is 2.29. The Bertz CT molecular complexity index is 856. The zero-order chi connectivity index (χ0) is 25.2. The van der Waals surface area contributed by atoms with Gasteiger partial charge in [-0.15, -0.1) is 0 Å². The monoisotopic (exact) mass is 463 g/mol. The van der Waals surface area contributed by atoms with Crippen LogP contribution in [0.3, 0.4) is 0 Å². The van der Waals surface area contributed by atoms with E-state index in [1.807, 2.05) is 0 Å². The zero-order valence-corrected chi connectivity index (χ0v) is 22.3. The molecule has 0 bridgehead atoms. The molecule has 5 heteroatoms. The molecule has 3 aromatic carbocycles. The predicted molar refractivity (Wildman–Crippen MR) is 147 cm³/mol. The van der Waals surface area contributed by atoms with Crippen molar-refractivity contribution < 1.29 is 18.7 Å². The molecule has 0 fully saturated rings. The average molecular weight is 463 g/mol. The Morgan fingerprint density at radius 1 is 0.559 bits per heavy atom. The van der Waals surface area contributed by atoms with Crippen molar-refractivity contribution in [2.24, 2.45) is 0 Å². The Morgan fingerprint density at radius 2 is 0.824 bits per heavy atom. The molecule has 0 aliphatic heterocycles. The molecule has 3 aromatic rings. The van der Waals surface area contributed by atoms with E-state index in [0.717, 1.165) is 40.9 Å². The lowest BCUT2D eigenvalue weighted by molar-refractivity contribution is -0.849. The number of methoxy groups -OCH3 is 3. The Kier molecular flexibility index (Phi) is 10.1. The number of benzene rings is 3. The van der Waals surface area contributed by atoms with Crippen LogP contribution in [0.1, 0.15) is 19.8 Å². The first-order valence-corrected chi connectivity index (χ1v) is 12.1. The van der Waals surface area contributed by atoms with Crippen molar-refractivity contribution in [2.45, 2.75) is 26.1 Å². The average Bonchev–Trinajstić information content (AvgIpc) is 2.84. The van der Waals surface area contributed by atoms with E-state index in [-0.39, 0.29) is 0 Å². The lowest BCUT2D eigenvalue weighted by atomic mass is 9.14. The predicted octanol–water partition coefficient (Wildman–Crippen LogP) is 4.31. The molecule has 0 aliphatic carbocycles. The van der Waals surface area contributed by atoms with Crippen LogP contribution in [0.2, 0.25) is 6.32 Å². The summed E-state index contributed by atoms with van der Waals surface area (Å²) in [7, 11) is 13.6. The van der Waals surface area contributed by atoms with Gasteiger partial charge in [0.25, 0.3) is 0 Å². The van der Waals surface area contributed by atoms with Crippen LogP contribution in [0.25, 0.3) is 0 Å². The maximum absolute atomic E-state index is 5.41. The van der Waals surface area contributed by atoms with Crippen molar-refractivity contribution >= 4 is 22.5 Å². The second kappa shape index (κ2) is 12.5. The summed E-state index contributed by atoms with van der Waals surface area (Å²) >= 11 is 0. The number of ether oxygens (including phenoxy) is 3. The molecule has 0 atom stereocenters. The summed E-state index contributed by atoms with van der Waals surface area (Å²) < 4.78 is 17.2. The van der Waals surface area contributed by atoms with E-state index in [0.29, 0.717) is 0 Å². The van der Waals surface area contributed by atoms with Gasteiger partial charge in [-0.1, -0.05) is 56.2 Å². The van der Waals surface area contributed by atoms with Crippen LogP contribution >= 0.6 is 0 Å². The van der Waals surface area contributed by atoms with E-state index >= 15 is 0 Å². The van der Waals surface area contributed by atoms with Gasteiger partial charge in [-0.05, 0) is 36.4 Å². The van der Waals surface area contributed by atoms with Crippen molar-refractivity contribution in [2.75, 3.05) is 49.5 Å². The first kappa shape index (κ1) is 27.3. The molecule has 184 valence electrons. The van der Waals surface area contributed by atoms with Gasteiger partial charge < -0.3 is 18.7 Å². The van der Waals surface area contributed by atoms with Crippen LogP contribution < -0.4 is 30.6 Å². The number of unbranched alkanes of at least 4 members (excludes halogenated alkanes) is 1. The van der Waals surface area contributed by atoms with Crippen LogP contribution in [-0.4, -0.2) is 60.1 Å². The second-order valence-electron chi connectivity index (χ2n) is 10.2. The number of nitrogens with zero attached hydrogens (tertiary/aromatic N) is 1. The highest BCUT2D eigenvalue weighted by Crippen LogP contribution is 2.21. The lowest BCUT2D eigenvalue weighted by Gasteiger charge is -2.43. The van der Waals surface area contributed by atoms with Gasteiger partial charge in [0.1, 0.15) is 17.2 Å². The quantitative estimate of drug-likeness (QED) is 0.350. The third-order valence-corrected chi connectivity index (χ3v) is 6.05. The van der Waals surface area contributed by atoms with Gasteiger partial charge in [0.2, 0.25) is 0 Å². The molecule has 0 N–H and O–H groups in total. The summed E-state index contributed by atoms with van der Waals surface area (Å²) in [5, 5.41) is 0. The fraction of sp³-hybridized carbons (Fsp3) is 0.379. The Morgan fingerprint density at radius 3 is 1.03 bits per heavy atom. The molecule has 34 heavy (non-hydrogen) atoms. The van der Waals surface area contributed by atoms with Crippen molar-refractivity contribution in [1.29, 1.82) is 0 Å². The first-order valence-electron chi connectivity index (χ1n) is 12.1. The van der Waals surface area contributed by atoms with E-state index in [1.165, 1.54) is 16.4 Å². The molecule has 0 saturated carbocycles. The molecule has 0 heterocycles. The molecule has 0 aromatic heterocycles. The van der Waals surface area contributed by atoms with E-state index in [1.54, 1.807) is 21.3 Å². The summed E-state index contributed by atoms with van der Waals surface area (Å²) in [6.45, 7) is 2.25. The Labute approximate surface area is 207 Å². The van der Waals surface area contributed by atoms with Gasteiger partial charge in [0, 0.05) is 0 Å². The number of rotatable bonds is 9. The van der Waals surface area contributed by atoms with Gasteiger partial charge in [-0.3, -0.25) is 0 Å². The summed E-state index contributed by atoms with van der Waals surface area (Å²) in [6.07, 6.45) is 2.22. The van der Waals surface area contributed by atoms with Crippen molar-refractivity contribution in [3.63, 3.8) is 0 Å². The lowest BCUT2D eigenvalue weighted by Crippen LogP contribution is -2.66. The van der Waals surface area contributed by atoms with Crippen LogP contribution in [0.15, 0.2) is 72.8 Å². The molecule has 4 nitrogen and oxygen atoms in total. The summed E-state index contributed by atoms with van der Waals surface area (Å²) in [5.74, 6) is 2.62. The Hall–Kier alpha value is -2.92. The van der Waals surface area contributed by atoms with Gasteiger partial charge in [0.15, 0.2) is 0 Å². The topological polar surface area (TPSA) is 27.7 Å². The molecule has 0 amide bonds. The summed E-state index contributed by atoms with van der Waals surface area (Å²) in [5.41, 5.74) is 3.94. The smallest absolute Gasteiger partial charge is 0.118 e. The van der Waals surface area contributed by atoms with Crippen LogP contribution in [0.4, 0.5) is 0 Å². The van der Waals surface area contributed by atoms with E-state index in [9.17, 15) is 0 Å².